The van der Waals surface area contributed by atoms with Gasteiger partial charge in [-0.15, -0.1) is 0 Å². The standard InChI is InChI=1S/C14H19F2NO/c1-10(2)17-8-12(9-17)11-5-4-6-13(7-11)18-14(3,15)16/h4-7,10,12H,8-9H2,1-3H3. The van der Waals surface area contributed by atoms with E-state index in [0.717, 1.165) is 25.6 Å². The van der Waals surface area contributed by atoms with Gasteiger partial charge >= 0.3 is 6.11 Å². The van der Waals surface area contributed by atoms with Gasteiger partial charge in [0.25, 0.3) is 0 Å². The third-order valence-corrected chi connectivity index (χ3v) is 3.27. The van der Waals surface area contributed by atoms with E-state index in [-0.39, 0.29) is 5.75 Å². The van der Waals surface area contributed by atoms with E-state index in [4.69, 9.17) is 0 Å². The molecule has 0 bridgehead atoms. The molecule has 0 saturated carbocycles. The summed E-state index contributed by atoms with van der Waals surface area (Å²) in [6.45, 7) is 7.05. The summed E-state index contributed by atoms with van der Waals surface area (Å²) in [5, 5.41) is 0. The van der Waals surface area contributed by atoms with E-state index in [1.54, 1.807) is 18.2 Å². The Morgan fingerprint density at radius 1 is 1.33 bits per heavy atom. The molecule has 0 amide bonds. The molecule has 0 unspecified atom stereocenters. The molecule has 0 aromatic heterocycles. The molecule has 1 heterocycles. The molecule has 18 heavy (non-hydrogen) atoms. The first-order valence-corrected chi connectivity index (χ1v) is 6.26. The average Bonchev–Trinajstić information content (AvgIpc) is 2.11. The van der Waals surface area contributed by atoms with E-state index in [9.17, 15) is 8.78 Å². The predicted octanol–water partition coefficient (Wildman–Crippen LogP) is 3.49. The van der Waals surface area contributed by atoms with E-state index in [1.807, 2.05) is 6.07 Å². The first kappa shape index (κ1) is 13.3. The highest BCUT2D eigenvalue weighted by Gasteiger charge is 2.30. The highest BCUT2D eigenvalue weighted by atomic mass is 19.3. The van der Waals surface area contributed by atoms with Gasteiger partial charge in [-0.25, -0.2) is 0 Å². The van der Waals surface area contributed by atoms with Gasteiger partial charge in [0.1, 0.15) is 5.75 Å². The summed E-state index contributed by atoms with van der Waals surface area (Å²) >= 11 is 0. The zero-order valence-corrected chi connectivity index (χ0v) is 11.0. The fourth-order valence-electron chi connectivity index (χ4n) is 2.18. The molecule has 1 aromatic rings. The Labute approximate surface area is 107 Å². The Hall–Kier alpha value is -1.16. The minimum absolute atomic E-state index is 0.239. The van der Waals surface area contributed by atoms with E-state index in [0.29, 0.717) is 12.0 Å². The quantitative estimate of drug-likeness (QED) is 0.816. The molecule has 0 aliphatic carbocycles. The van der Waals surface area contributed by atoms with Gasteiger partial charge in [-0.1, -0.05) is 12.1 Å². The Morgan fingerprint density at radius 2 is 2.00 bits per heavy atom. The highest BCUT2D eigenvalue weighted by molar-refractivity contribution is 5.32. The Balaban J connectivity index is 2.01. The summed E-state index contributed by atoms with van der Waals surface area (Å²) in [5.41, 5.74) is 1.08. The lowest BCUT2D eigenvalue weighted by atomic mass is 9.90. The van der Waals surface area contributed by atoms with Crippen LogP contribution >= 0.6 is 0 Å². The van der Waals surface area contributed by atoms with Crippen molar-refractivity contribution >= 4 is 0 Å². The molecule has 100 valence electrons. The van der Waals surface area contributed by atoms with Crippen LogP contribution in [0.1, 0.15) is 32.3 Å². The van der Waals surface area contributed by atoms with Crippen LogP contribution in [0.5, 0.6) is 5.75 Å². The lowest BCUT2D eigenvalue weighted by Gasteiger charge is -2.42. The molecule has 4 heteroatoms. The first-order chi connectivity index (χ1) is 8.35. The van der Waals surface area contributed by atoms with Crippen molar-refractivity contribution in [2.45, 2.75) is 38.8 Å². The van der Waals surface area contributed by atoms with Gasteiger partial charge < -0.3 is 4.74 Å². The second-order valence-electron chi connectivity index (χ2n) is 5.23. The van der Waals surface area contributed by atoms with Crippen LogP contribution in [-0.4, -0.2) is 30.1 Å². The summed E-state index contributed by atoms with van der Waals surface area (Å²) in [5.74, 6) is 0.671. The maximum Gasteiger partial charge on any atom is 0.394 e. The van der Waals surface area contributed by atoms with Gasteiger partial charge in [0.2, 0.25) is 0 Å². The van der Waals surface area contributed by atoms with Crippen molar-refractivity contribution in [3.05, 3.63) is 29.8 Å². The number of alkyl halides is 2. The molecule has 1 aliphatic heterocycles. The maximum absolute atomic E-state index is 12.8. The first-order valence-electron chi connectivity index (χ1n) is 6.26. The lowest BCUT2D eigenvalue weighted by Crippen LogP contribution is -2.48. The van der Waals surface area contributed by atoms with Crippen molar-refractivity contribution in [1.82, 2.24) is 4.90 Å². The fourth-order valence-corrected chi connectivity index (χ4v) is 2.18. The SMILES string of the molecule is CC(C)N1CC(c2cccc(OC(C)(F)F)c2)C1. The molecule has 0 spiro atoms. The van der Waals surface area contributed by atoms with E-state index in [1.165, 1.54) is 0 Å². The van der Waals surface area contributed by atoms with Gasteiger partial charge in [0, 0.05) is 32.0 Å². The van der Waals surface area contributed by atoms with Crippen molar-refractivity contribution in [2.24, 2.45) is 0 Å². The minimum Gasteiger partial charge on any atom is -0.433 e. The minimum atomic E-state index is -3.12. The van der Waals surface area contributed by atoms with Gasteiger partial charge in [-0.05, 0) is 31.5 Å². The number of hydrogen-bond donors (Lipinski definition) is 0. The zero-order chi connectivity index (χ0) is 13.3. The summed E-state index contributed by atoms with van der Waals surface area (Å²) in [6, 6.07) is 7.58. The number of nitrogens with zero attached hydrogens (tertiary/aromatic N) is 1. The topological polar surface area (TPSA) is 12.5 Å². The Morgan fingerprint density at radius 3 is 2.56 bits per heavy atom. The van der Waals surface area contributed by atoms with Crippen LogP contribution in [0.2, 0.25) is 0 Å². The molecule has 1 aliphatic rings. The molecule has 0 radical (unpaired) electrons. The zero-order valence-electron chi connectivity index (χ0n) is 11.0. The van der Waals surface area contributed by atoms with Gasteiger partial charge in [0.15, 0.2) is 0 Å². The van der Waals surface area contributed by atoms with Gasteiger partial charge in [0.05, 0.1) is 0 Å². The second kappa shape index (κ2) is 4.84. The smallest absolute Gasteiger partial charge is 0.394 e. The van der Waals surface area contributed by atoms with Crippen LogP contribution in [0, 0.1) is 0 Å². The van der Waals surface area contributed by atoms with Gasteiger partial charge in [-0.2, -0.15) is 8.78 Å². The number of rotatable bonds is 4. The number of halogens is 2. The lowest BCUT2D eigenvalue weighted by molar-refractivity contribution is -0.159. The monoisotopic (exact) mass is 255 g/mol. The van der Waals surface area contributed by atoms with Crippen LogP contribution in [0.25, 0.3) is 0 Å². The molecular formula is C14H19F2NO. The van der Waals surface area contributed by atoms with Crippen LogP contribution in [-0.2, 0) is 0 Å². The summed E-state index contributed by atoms with van der Waals surface area (Å²) < 4.78 is 30.1. The molecule has 1 fully saturated rings. The number of likely N-dealkylation sites (tertiary alicyclic amines) is 1. The van der Waals surface area contributed by atoms with Crippen LogP contribution in [0.4, 0.5) is 8.78 Å². The van der Waals surface area contributed by atoms with Crippen LogP contribution in [0.15, 0.2) is 24.3 Å². The van der Waals surface area contributed by atoms with E-state index >= 15 is 0 Å². The van der Waals surface area contributed by atoms with Crippen molar-refractivity contribution in [3.8, 4) is 5.75 Å². The largest absolute Gasteiger partial charge is 0.433 e. The maximum atomic E-state index is 12.8. The van der Waals surface area contributed by atoms with Crippen LogP contribution in [0.3, 0.4) is 0 Å². The normalized spacial score (nSPS) is 17.9. The van der Waals surface area contributed by atoms with Crippen molar-refractivity contribution in [2.75, 3.05) is 13.1 Å². The Kier molecular flexibility index (Phi) is 3.57. The van der Waals surface area contributed by atoms with Crippen molar-refractivity contribution < 1.29 is 13.5 Å². The predicted molar refractivity (Wildman–Crippen MR) is 67.1 cm³/mol. The molecule has 1 saturated heterocycles. The highest BCUT2D eigenvalue weighted by Crippen LogP contribution is 2.31. The molecule has 1 aromatic carbocycles. The molecule has 2 nitrogen and oxygen atoms in total. The molecule has 0 atom stereocenters. The van der Waals surface area contributed by atoms with Crippen LogP contribution < -0.4 is 4.74 Å². The third-order valence-electron chi connectivity index (χ3n) is 3.27. The van der Waals surface area contributed by atoms with E-state index in [2.05, 4.69) is 23.5 Å². The average molecular weight is 255 g/mol. The van der Waals surface area contributed by atoms with Crippen molar-refractivity contribution in [1.29, 1.82) is 0 Å². The fraction of sp³-hybridized carbons (Fsp3) is 0.571. The molecular weight excluding hydrogens is 236 g/mol. The number of benzene rings is 1. The number of ether oxygens (including phenoxy) is 1. The van der Waals surface area contributed by atoms with Crippen molar-refractivity contribution in [3.63, 3.8) is 0 Å². The number of hydrogen-bond acceptors (Lipinski definition) is 2. The molecule has 2 rings (SSSR count). The second-order valence-corrected chi connectivity index (χ2v) is 5.23. The summed E-state index contributed by atoms with van der Waals surface area (Å²) in [4.78, 5) is 2.35. The summed E-state index contributed by atoms with van der Waals surface area (Å²) in [6.07, 6.45) is -3.12. The Bertz CT molecular complexity index is 409. The van der Waals surface area contributed by atoms with E-state index < -0.39 is 6.11 Å². The molecule has 0 N–H and O–H groups in total. The summed E-state index contributed by atoms with van der Waals surface area (Å²) in [7, 11) is 0. The van der Waals surface area contributed by atoms with Gasteiger partial charge in [-0.3, -0.25) is 4.90 Å². The third kappa shape index (κ3) is 3.19.